The molecule has 1 rings (SSSR count). The molecule has 0 bridgehead atoms. The highest BCUT2D eigenvalue weighted by Crippen LogP contribution is 2.20. The summed E-state index contributed by atoms with van der Waals surface area (Å²) < 4.78 is 10.9. The Morgan fingerprint density at radius 1 is 1.58 bits per heavy atom. The van der Waals surface area contributed by atoms with Crippen molar-refractivity contribution < 1.29 is 14.1 Å². The van der Waals surface area contributed by atoms with Crippen molar-refractivity contribution in [3.05, 3.63) is 21.4 Å². The summed E-state index contributed by atoms with van der Waals surface area (Å²) in [5.74, 6) is 5.85. The highest BCUT2D eigenvalue weighted by molar-refractivity contribution is 7.84. The minimum atomic E-state index is -0.819. The van der Waals surface area contributed by atoms with Gasteiger partial charge in [-0.25, -0.2) is 0 Å². The third kappa shape index (κ3) is 5.55. The van der Waals surface area contributed by atoms with Gasteiger partial charge in [0.15, 0.2) is 0 Å². The van der Waals surface area contributed by atoms with Crippen molar-refractivity contribution in [3.8, 4) is 11.8 Å². The molecule has 0 saturated carbocycles. The number of nitrogens with one attached hydrogen (secondary N) is 1. The molecule has 0 spiro atoms. The van der Waals surface area contributed by atoms with Crippen LogP contribution in [0.5, 0.6) is 0 Å². The smallest absolute Gasteiger partial charge is 0.261 e. The lowest BCUT2D eigenvalue weighted by Gasteiger charge is -2.01. The molecule has 19 heavy (non-hydrogen) atoms. The van der Waals surface area contributed by atoms with Crippen LogP contribution in [0.4, 0.5) is 0 Å². The second-order valence-electron chi connectivity index (χ2n) is 3.97. The van der Waals surface area contributed by atoms with Crippen LogP contribution < -0.4 is 5.32 Å². The molecule has 0 aromatic carbocycles. The largest absolute Gasteiger partial charge is 0.384 e. The molecule has 4 nitrogen and oxygen atoms in total. The van der Waals surface area contributed by atoms with E-state index in [2.05, 4.69) is 17.2 Å². The average Bonchev–Trinajstić information content (AvgIpc) is 2.73. The summed E-state index contributed by atoms with van der Waals surface area (Å²) in [6, 6.07) is 1.79. The molecule has 6 heteroatoms. The maximum absolute atomic E-state index is 11.9. The minimum absolute atomic E-state index is 0.132. The monoisotopic (exact) mass is 299 g/mol. The number of aliphatic hydroxyl groups is 1. The van der Waals surface area contributed by atoms with Crippen LogP contribution in [0.1, 0.15) is 26.5 Å². The summed E-state index contributed by atoms with van der Waals surface area (Å²) in [5.41, 5.74) is 0.936. The van der Waals surface area contributed by atoms with E-state index < -0.39 is 10.8 Å². The van der Waals surface area contributed by atoms with E-state index in [0.29, 0.717) is 23.6 Å². The predicted octanol–water partition coefficient (Wildman–Crippen LogP) is 0.899. The molecule has 0 radical (unpaired) electrons. The SMILES string of the molecule is Cc1cc(C(=O)NCCCS(C)=O)sc1C#CCO. The summed E-state index contributed by atoms with van der Waals surface area (Å²) in [6.07, 6.45) is 2.35. The number of thiophene rings is 1. The molecule has 1 heterocycles. The molecule has 0 saturated heterocycles. The lowest BCUT2D eigenvalue weighted by atomic mass is 10.2. The summed E-state index contributed by atoms with van der Waals surface area (Å²) in [7, 11) is -0.819. The van der Waals surface area contributed by atoms with Crippen LogP contribution >= 0.6 is 11.3 Å². The van der Waals surface area contributed by atoms with Crippen LogP contribution in [-0.2, 0) is 10.8 Å². The van der Waals surface area contributed by atoms with Gasteiger partial charge in [0, 0.05) is 29.4 Å². The van der Waals surface area contributed by atoms with Crippen molar-refractivity contribution in [1.82, 2.24) is 5.32 Å². The highest BCUT2D eigenvalue weighted by atomic mass is 32.2. The van der Waals surface area contributed by atoms with Gasteiger partial charge in [-0.1, -0.05) is 11.8 Å². The van der Waals surface area contributed by atoms with Crippen molar-refractivity contribution in [2.75, 3.05) is 25.2 Å². The average molecular weight is 299 g/mol. The van der Waals surface area contributed by atoms with Gasteiger partial charge in [0.05, 0.1) is 9.75 Å². The van der Waals surface area contributed by atoms with E-state index in [1.807, 2.05) is 6.92 Å². The fourth-order valence-electron chi connectivity index (χ4n) is 1.40. The molecule has 0 aliphatic heterocycles. The van der Waals surface area contributed by atoms with Crippen molar-refractivity contribution in [3.63, 3.8) is 0 Å². The second kappa shape index (κ2) is 8.10. The van der Waals surface area contributed by atoms with E-state index in [9.17, 15) is 9.00 Å². The van der Waals surface area contributed by atoms with Crippen molar-refractivity contribution in [2.24, 2.45) is 0 Å². The van der Waals surface area contributed by atoms with E-state index in [-0.39, 0.29) is 12.5 Å². The number of hydrogen-bond acceptors (Lipinski definition) is 4. The zero-order valence-electron chi connectivity index (χ0n) is 11.0. The second-order valence-corrected chi connectivity index (χ2v) is 6.58. The normalized spacial score (nSPS) is 11.5. The van der Waals surface area contributed by atoms with Crippen molar-refractivity contribution in [2.45, 2.75) is 13.3 Å². The first-order valence-electron chi connectivity index (χ1n) is 5.83. The van der Waals surface area contributed by atoms with Gasteiger partial charge in [-0.15, -0.1) is 11.3 Å². The summed E-state index contributed by atoms with van der Waals surface area (Å²) >= 11 is 1.32. The molecule has 1 atom stereocenters. The van der Waals surface area contributed by atoms with Gasteiger partial charge >= 0.3 is 0 Å². The van der Waals surface area contributed by atoms with Crippen LogP contribution in [0.25, 0.3) is 0 Å². The predicted molar refractivity (Wildman–Crippen MR) is 78.9 cm³/mol. The maximum atomic E-state index is 11.9. The van der Waals surface area contributed by atoms with Crippen molar-refractivity contribution >= 4 is 28.0 Å². The molecule has 0 aliphatic rings. The number of rotatable bonds is 5. The fourth-order valence-corrected chi connectivity index (χ4v) is 2.92. The number of carbonyl (C=O) groups is 1. The Labute approximate surface area is 119 Å². The van der Waals surface area contributed by atoms with Crippen LogP contribution in [0.15, 0.2) is 6.07 Å². The number of carbonyl (C=O) groups excluding carboxylic acids is 1. The first-order chi connectivity index (χ1) is 9.04. The minimum Gasteiger partial charge on any atom is -0.384 e. The van der Waals surface area contributed by atoms with Gasteiger partial charge in [0.1, 0.15) is 6.61 Å². The van der Waals surface area contributed by atoms with E-state index in [1.54, 1.807) is 12.3 Å². The molecule has 104 valence electrons. The number of amides is 1. The van der Waals surface area contributed by atoms with E-state index in [0.717, 1.165) is 10.4 Å². The van der Waals surface area contributed by atoms with Crippen molar-refractivity contribution in [1.29, 1.82) is 0 Å². The molecule has 0 fully saturated rings. The van der Waals surface area contributed by atoms with Crippen LogP contribution in [0.3, 0.4) is 0 Å². The Morgan fingerprint density at radius 3 is 2.95 bits per heavy atom. The Kier molecular flexibility index (Phi) is 6.78. The van der Waals surface area contributed by atoms with E-state index in [1.165, 1.54) is 11.3 Å². The van der Waals surface area contributed by atoms with Gasteiger partial charge in [-0.05, 0) is 25.0 Å². The molecular formula is C13H17NO3S2. The van der Waals surface area contributed by atoms with Gasteiger partial charge in [-0.2, -0.15) is 0 Å². The zero-order chi connectivity index (χ0) is 14.3. The quantitative estimate of drug-likeness (QED) is 0.627. The number of aryl methyl sites for hydroxylation is 1. The molecule has 1 aromatic rings. The topological polar surface area (TPSA) is 66.4 Å². The molecule has 1 unspecified atom stereocenters. The number of hydrogen-bond donors (Lipinski definition) is 2. The zero-order valence-corrected chi connectivity index (χ0v) is 12.6. The van der Waals surface area contributed by atoms with Gasteiger partial charge in [0.2, 0.25) is 0 Å². The standard InChI is InChI=1S/C13H17NO3S2/c1-10-9-12(18-11(10)5-3-7-15)13(16)14-6-4-8-19(2)17/h9,15H,4,6-8H2,1-2H3,(H,14,16). The molecule has 1 amide bonds. The third-order valence-corrected chi connectivity index (χ3v) is 4.33. The molecular weight excluding hydrogens is 282 g/mol. The summed E-state index contributed by atoms with van der Waals surface area (Å²) in [6.45, 7) is 2.22. The highest BCUT2D eigenvalue weighted by Gasteiger charge is 2.10. The summed E-state index contributed by atoms with van der Waals surface area (Å²) in [5, 5.41) is 11.4. The Hall–Kier alpha value is -1.16. The summed E-state index contributed by atoms with van der Waals surface area (Å²) in [4.78, 5) is 13.3. The third-order valence-electron chi connectivity index (χ3n) is 2.32. The van der Waals surface area contributed by atoms with Crippen LogP contribution in [0, 0.1) is 18.8 Å². The van der Waals surface area contributed by atoms with E-state index in [4.69, 9.17) is 5.11 Å². The Bertz CT molecular complexity index is 526. The van der Waals surface area contributed by atoms with Crippen LogP contribution in [0.2, 0.25) is 0 Å². The number of aliphatic hydroxyl groups excluding tert-OH is 1. The van der Waals surface area contributed by atoms with E-state index >= 15 is 0 Å². The lowest BCUT2D eigenvalue weighted by molar-refractivity contribution is 0.0957. The molecule has 1 aromatic heterocycles. The first-order valence-corrected chi connectivity index (χ1v) is 8.37. The molecule has 2 N–H and O–H groups in total. The fraction of sp³-hybridized carbons (Fsp3) is 0.462. The maximum Gasteiger partial charge on any atom is 0.261 e. The van der Waals surface area contributed by atoms with Gasteiger partial charge in [0.25, 0.3) is 5.91 Å². The van der Waals surface area contributed by atoms with Crippen LogP contribution in [-0.4, -0.2) is 40.4 Å². The van der Waals surface area contributed by atoms with Gasteiger partial charge in [-0.3, -0.25) is 9.00 Å². The lowest BCUT2D eigenvalue weighted by Crippen LogP contribution is -2.24. The molecule has 0 aliphatic carbocycles. The Balaban J connectivity index is 2.55. The van der Waals surface area contributed by atoms with Gasteiger partial charge < -0.3 is 10.4 Å². The first kappa shape index (κ1) is 15.9. The Morgan fingerprint density at radius 2 is 2.32 bits per heavy atom.